The Morgan fingerprint density at radius 1 is 1.17 bits per heavy atom. The van der Waals surface area contributed by atoms with Crippen LogP contribution in [0.1, 0.15) is 11.5 Å². The summed E-state index contributed by atoms with van der Waals surface area (Å²) in [7, 11) is 0. The zero-order valence-corrected chi connectivity index (χ0v) is 13.2. The maximum Gasteiger partial charge on any atom is 0.308 e. The van der Waals surface area contributed by atoms with Crippen LogP contribution in [0, 0.1) is 5.92 Å². The normalized spacial score (nSPS) is 27.9. The average Bonchev–Trinajstić information content (AvgIpc) is 3.01. The number of carboxylic acids is 1. The summed E-state index contributed by atoms with van der Waals surface area (Å²) in [6.45, 7) is 1.62. The summed E-state index contributed by atoms with van der Waals surface area (Å²) >= 11 is 5.89. The van der Waals surface area contributed by atoms with Gasteiger partial charge in [-0.05, 0) is 17.7 Å². The second-order valence-electron chi connectivity index (χ2n) is 5.78. The Balaban J connectivity index is 1.76. The van der Waals surface area contributed by atoms with Crippen molar-refractivity contribution in [1.29, 1.82) is 0 Å². The van der Waals surface area contributed by atoms with Gasteiger partial charge in [-0.1, -0.05) is 23.7 Å². The highest BCUT2D eigenvalue weighted by Gasteiger charge is 2.42. The molecule has 0 bridgehead atoms. The maximum absolute atomic E-state index is 12.5. The SMILES string of the molecule is O=C(O)[C@@H]1CN(C(=O)C2COCCO2)C[C@H]1c1ccc(Cl)cc1. The molecule has 7 heteroatoms. The number of ether oxygens (including phenoxy) is 2. The van der Waals surface area contributed by atoms with Gasteiger partial charge in [-0.3, -0.25) is 9.59 Å². The van der Waals surface area contributed by atoms with Gasteiger partial charge in [0.05, 0.1) is 25.7 Å². The lowest BCUT2D eigenvalue weighted by molar-refractivity contribution is -0.157. The van der Waals surface area contributed by atoms with Crippen molar-refractivity contribution in [2.24, 2.45) is 5.92 Å². The molecule has 0 saturated carbocycles. The molecule has 0 spiro atoms. The van der Waals surface area contributed by atoms with Crippen LogP contribution in [0.25, 0.3) is 0 Å². The van der Waals surface area contributed by atoms with Crippen LogP contribution in [0.2, 0.25) is 5.02 Å². The van der Waals surface area contributed by atoms with Gasteiger partial charge in [0.2, 0.25) is 0 Å². The number of halogens is 1. The summed E-state index contributed by atoms with van der Waals surface area (Å²) < 4.78 is 10.7. The van der Waals surface area contributed by atoms with Gasteiger partial charge in [-0.2, -0.15) is 0 Å². The molecular formula is C16H18ClNO5. The number of carbonyl (C=O) groups is 2. The molecule has 1 amide bonds. The molecule has 124 valence electrons. The van der Waals surface area contributed by atoms with Crippen molar-refractivity contribution >= 4 is 23.5 Å². The zero-order valence-electron chi connectivity index (χ0n) is 12.5. The predicted octanol–water partition coefficient (Wildman–Crippen LogP) is 1.38. The molecule has 3 atom stereocenters. The van der Waals surface area contributed by atoms with Gasteiger partial charge in [0.15, 0.2) is 6.10 Å². The minimum absolute atomic E-state index is 0.182. The Kier molecular flexibility index (Phi) is 4.84. The molecule has 2 saturated heterocycles. The summed E-state index contributed by atoms with van der Waals surface area (Å²) in [5.74, 6) is -1.99. The summed E-state index contributed by atoms with van der Waals surface area (Å²) in [6.07, 6.45) is -0.637. The number of nitrogens with zero attached hydrogens (tertiary/aromatic N) is 1. The number of carbonyl (C=O) groups excluding carboxylic acids is 1. The molecule has 2 aliphatic heterocycles. The van der Waals surface area contributed by atoms with Crippen LogP contribution in [0.5, 0.6) is 0 Å². The van der Waals surface area contributed by atoms with Crippen LogP contribution >= 0.6 is 11.6 Å². The van der Waals surface area contributed by atoms with Gasteiger partial charge < -0.3 is 19.5 Å². The molecule has 1 aromatic carbocycles. The number of amides is 1. The first kappa shape index (κ1) is 16.2. The van der Waals surface area contributed by atoms with E-state index in [4.69, 9.17) is 21.1 Å². The number of aliphatic carboxylic acids is 1. The van der Waals surface area contributed by atoms with Crippen LogP contribution < -0.4 is 0 Å². The summed E-state index contributed by atoms with van der Waals surface area (Å²) in [6, 6.07) is 7.10. The largest absolute Gasteiger partial charge is 0.481 e. The monoisotopic (exact) mass is 339 g/mol. The van der Waals surface area contributed by atoms with Crippen LogP contribution in [0.3, 0.4) is 0 Å². The average molecular weight is 340 g/mol. The van der Waals surface area contributed by atoms with E-state index in [1.807, 2.05) is 12.1 Å². The third kappa shape index (κ3) is 3.49. The van der Waals surface area contributed by atoms with Gasteiger partial charge >= 0.3 is 5.97 Å². The highest BCUT2D eigenvalue weighted by atomic mass is 35.5. The van der Waals surface area contributed by atoms with Crippen LogP contribution in [0.4, 0.5) is 0 Å². The topological polar surface area (TPSA) is 76.1 Å². The number of rotatable bonds is 3. The summed E-state index contributed by atoms with van der Waals surface area (Å²) in [4.78, 5) is 25.6. The first-order valence-electron chi connectivity index (χ1n) is 7.52. The van der Waals surface area contributed by atoms with Gasteiger partial charge in [0.1, 0.15) is 0 Å². The van der Waals surface area contributed by atoms with Crippen LogP contribution in [-0.4, -0.2) is 60.9 Å². The third-order valence-electron chi connectivity index (χ3n) is 4.34. The molecule has 2 aliphatic rings. The molecule has 0 aromatic heterocycles. The van der Waals surface area contributed by atoms with Crippen molar-refractivity contribution in [3.8, 4) is 0 Å². The van der Waals surface area contributed by atoms with E-state index >= 15 is 0 Å². The number of likely N-dealkylation sites (tertiary alicyclic amines) is 1. The molecular weight excluding hydrogens is 322 g/mol. The fourth-order valence-corrected chi connectivity index (χ4v) is 3.24. The van der Waals surface area contributed by atoms with E-state index in [2.05, 4.69) is 0 Å². The van der Waals surface area contributed by atoms with Gasteiger partial charge in [-0.25, -0.2) is 0 Å². The summed E-state index contributed by atoms with van der Waals surface area (Å²) in [5.41, 5.74) is 0.873. The van der Waals surface area contributed by atoms with Crippen molar-refractivity contribution in [2.45, 2.75) is 12.0 Å². The molecule has 3 rings (SSSR count). The standard InChI is InChI=1S/C16H18ClNO5/c17-11-3-1-10(2-4-11)12-7-18(8-13(12)16(20)21)15(19)14-9-22-5-6-23-14/h1-4,12-14H,5-9H2,(H,20,21)/t12-,13+,14?/m0/s1. The highest BCUT2D eigenvalue weighted by Crippen LogP contribution is 2.34. The fourth-order valence-electron chi connectivity index (χ4n) is 3.12. The highest BCUT2D eigenvalue weighted by molar-refractivity contribution is 6.30. The van der Waals surface area contributed by atoms with E-state index < -0.39 is 18.0 Å². The molecule has 6 nitrogen and oxygen atoms in total. The van der Waals surface area contributed by atoms with Crippen molar-refractivity contribution in [2.75, 3.05) is 32.9 Å². The third-order valence-corrected chi connectivity index (χ3v) is 4.59. The lowest BCUT2D eigenvalue weighted by Crippen LogP contribution is -2.44. The minimum Gasteiger partial charge on any atom is -0.481 e. The first-order chi connectivity index (χ1) is 11.1. The number of hydrogen-bond acceptors (Lipinski definition) is 4. The Labute approximate surface area is 138 Å². The van der Waals surface area contributed by atoms with E-state index in [1.54, 1.807) is 17.0 Å². The van der Waals surface area contributed by atoms with E-state index in [-0.39, 0.29) is 25.0 Å². The molecule has 23 heavy (non-hydrogen) atoms. The zero-order chi connectivity index (χ0) is 16.4. The van der Waals surface area contributed by atoms with Gasteiger partial charge in [-0.15, -0.1) is 0 Å². The first-order valence-corrected chi connectivity index (χ1v) is 7.90. The van der Waals surface area contributed by atoms with E-state index in [0.29, 0.717) is 24.8 Å². The molecule has 1 unspecified atom stereocenters. The van der Waals surface area contributed by atoms with Gasteiger partial charge in [0, 0.05) is 24.0 Å². The van der Waals surface area contributed by atoms with Gasteiger partial charge in [0.25, 0.3) is 5.91 Å². The number of hydrogen-bond donors (Lipinski definition) is 1. The van der Waals surface area contributed by atoms with E-state index in [9.17, 15) is 14.7 Å². The molecule has 2 fully saturated rings. The lowest BCUT2D eigenvalue weighted by atomic mass is 9.89. The Morgan fingerprint density at radius 2 is 1.91 bits per heavy atom. The van der Waals surface area contributed by atoms with Crippen molar-refractivity contribution in [1.82, 2.24) is 4.90 Å². The Morgan fingerprint density at radius 3 is 2.52 bits per heavy atom. The molecule has 0 radical (unpaired) electrons. The number of carboxylic acid groups (broad SMARTS) is 1. The second kappa shape index (κ2) is 6.86. The quantitative estimate of drug-likeness (QED) is 0.900. The molecule has 0 aliphatic carbocycles. The lowest BCUT2D eigenvalue weighted by Gasteiger charge is -2.26. The summed E-state index contributed by atoms with van der Waals surface area (Å²) in [5, 5.41) is 10.1. The van der Waals surface area contributed by atoms with E-state index in [1.165, 1.54) is 0 Å². The Hall–Kier alpha value is -1.63. The van der Waals surface area contributed by atoms with Crippen LogP contribution in [0.15, 0.2) is 24.3 Å². The van der Waals surface area contributed by atoms with E-state index in [0.717, 1.165) is 5.56 Å². The number of benzene rings is 1. The second-order valence-corrected chi connectivity index (χ2v) is 6.22. The molecule has 1 N–H and O–H groups in total. The fraction of sp³-hybridized carbons (Fsp3) is 0.500. The minimum atomic E-state index is -0.902. The molecule has 2 heterocycles. The smallest absolute Gasteiger partial charge is 0.308 e. The maximum atomic E-state index is 12.5. The Bertz CT molecular complexity index is 585. The predicted molar refractivity (Wildman–Crippen MR) is 82.5 cm³/mol. The van der Waals surface area contributed by atoms with Crippen molar-refractivity contribution < 1.29 is 24.2 Å². The van der Waals surface area contributed by atoms with Crippen LogP contribution in [-0.2, 0) is 19.1 Å². The van der Waals surface area contributed by atoms with Crippen molar-refractivity contribution in [3.05, 3.63) is 34.9 Å². The van der Waals surface area contributed by atoms with Crippen molar-refractivity contribution in [3.63, 3.8) is 0 Å². The molecule has 1 aromatic rings.